The van der Waals surface area contributed by atoms with Gasteiger partial charge in [0.25, 0.3) is 5.91 Å². The first-order chi connectivity index (χ1) is 17.5. The van der Waals surface area contributed by atoms with Crippen molar-refractivity contribution in [1.82, 2.24) is 14.9 Å². The zero-order chi connectivity index (χ0) is 28.5. The lowest BCUT2D eigenvalue weighted by Crippen LogP contribution is -2.60. The molecule has 0 bridgehead atoms. The van der Waals surface area contributed by atoms with Gasteiger partial charge in [-0.3, -0.25) is 4.79 Å². The van der Waals surface area contributed by atoms with E-state index in [2.05, 4.69) is 43.8 Å². The van der Waals surface area contributed by atoms with Crippen LogP contribution in [-0.4, -0.2) is 85.8 Å². The number of nitrogens with two attached hydrogens (primary N) is 1. The van der Waals surface area contributed by atoms with E-state index in [-0.39, 0.29) is 29.5 Å². The summed E-state index contributed by atoms with van der Waals surface area (Å²) in [5.74, 6) is 0.0296. The molecule has 3 heterocycles. The smallest absolute Gasteiger partial charge is 0.419 e. The fourth-order valence-corrected chi connectivity index (χ4v) is 5.73. The molecule has 2 saturated heterocycles. The van der Waals surface area contributed by atoms with Gasteiger partial charge in [0.15, 0.2) is 8.32 Å². The molecular formula is C24H38F3N5O5Si. The first-order valence-corrected chi connectivity index (χ1v) is 15.6. The van der Waals surface area contributed by atoms with Crippen LogP contribution in [0.2, 0.25) is 18.1 Å². The largest absolute Gasteiger partial charge is 0.444 e. The molecule has 2 fully saturated rings. The van der Waals surface area contributed by atoms with Gasteiger partial charge in [-0.2, -0.15) is 13.2 Å². The molecule has 4 atom stereocenters. The van der Waals surface area contributed by atoms with Gasteiger partial charge in [0, 0.05) is 38.4 Å². The summed E-state index contributed by atoms with van der Waals surface area (Å²) >= 11 is 0. The summed E-state index contributed by atoms with van der Waals surface area (Å²) in [5, 5.41) is -0.0953. The van der Waals surface area contributed by atoms with E-state index in [1.165, 1.54) is 0 Å². The van der Waals surface area contributed by atoms with Crippen molar-refractivity contribution in [2.75, 3.05) is 31.1 Å². The first-order valence-electron chi connectivity index (χ1n) is 12.7. The second-order valence-electron chi connectivity index (χ2n) is 11.4. The van der Waals surface area contributed by atoms with Crippen molar-refractivity contribution in [3.05, 3.63) is 18.0 Å². The third-order valence-electron chi connectivity index (χ3n) is 7.47. The van der Waals surface area contributed by atoms with Crippen molar-refractivity contribution < 1.29 is 36.7 Å². The molecule has 2 aliphatic heterocycles. The summed E-state index contributed by atoms with van der Waals surface area (Å²) < 4.78 is 56.3. The van der Waals surface area contributed by atoms with Gasteiger partial charge in [0.2, 0.25) is 5.95 Å². The van der Waals surface area contributed by atoms with Crippen LogP contribution in [0.1, 0.15) is 46.1 Å². The van der Waals surface area contributed by atoms with E-state index in [1.54, 1.807) is 11.8 Å². The number of carbonyl (C=O) groups excluding carboxylic acids is 2. The Balaban J connectivity index is 1.76. The first kappa shape index (κ1) is 30.1. The summed E-state index contributed by atoms with van der Waals surface area (Å²) in [5.41, 5.74) is 4.13. The van der Waals surface area contributed by atoms with Gasteiger partial charge in [-0.25, -0.2) is 14.8 Å². The molecule has 38 heavy (non-hydrogen) atoms. The van der Waals surface area contributed by atoms with Crippen molar-refractivity contribution >= 4 is 26.3 Å². The number of amides is 2. The van der Waals surface area contributed by atoms with E-state index in [0.717, 1.165) is 12.4 Å². The normalized spacial score (nSPS) is 24.0. The van der Waals surface area contributed by atoms with E-state index in [1.807, 2.05) is 4.90 Å². The maximum Gasteiger partial charge on any atom is 0.419 e. The lowest BCUT2D eigenvalue weighted by Gasteiger charge is -2.47. The monoisotopic (exact) mass is 561 g/mol. The van der Waals surface area contributed by atoms with E-state index >= 15 is 0 Å². The summed E-state index contributed by atoms with van der Waals surface area (Å²) in [7, 11) is -2.28. The maximum atomic E-state index is 13.3. The Morgan fingerprint density at radius 1 is 1.18 bits per heavy atom. The van der Waals surface area contributed by atoms with Gasteiger partial charge in [-0.1, -0.05) is 20.8 Å². The highest BCUT2D eigenvalue weighted by Crippen LogP contribution is 2.39. The minimum atomic E-state index is -4.52. The number of nitrogens with zero attached hydrogens (tertiary/aromatic N) is 4. The molecule has 10 nitrogen and oxygen atoms in total. The molecule has 0 aliphatic carbocycles. The number of aromatic nitrogens is 2. The van der Waals surface area contributed by atoms with Gasteiger partial charge in [0.1, 0.15) is 12.2 Å². The van der Waals surface area contributed by atoms with Gasteiger partial charge in [0.05, 0.1) is 24.3 Å². The zero-order valence-electron chi connectivity index (χ0n) is 22.7. The van der Waals surface area contributed by atoms with Crippen LogP contribution in [0.4, 0.5) is 23.9 Å². The van der Waals surface area contributed by atoms with Crippen LogP contribution in [0.5, 0.6) is 0 Å². The lowest BCUT2D eigenvalue weighted by molar-refractivity contribution is -0.142. The van der Waals surface area contributed by atoms with E-state index in [9.17, 15) is 22.8 Å². The molecule has 214 valence electrons. The van der Waals surface area contributed by atoms with Crippen LogP contribution in [0.3, 0.4) is 0 Å². The van der Waals surface area contributed by atoms with E-state index in [4.69, 9.17) is 19.6 Å². The Labute approximate surface area is 222 Å². The number of hydrogen-bond acceptors (Lipinski definition) is 8. The summed E-state index contributed by atoms with van der Waals surface area (Å²) in [6.07, 6.45) is -4.49. The van der Waals surface area contributed by atoms with Crippen molar-refractivity contribution in [2.45, 2.75) is 89.2 Å². The molecule has 0 saturated carbocycles. The minimum absolute atomic E-state index is 0.0424. The number of piperidine rings is 1. The summed E-state index contributed by atoms with van der Waals surface area (Å²) in [4.78, 5) is 35.8. The minimum Gasteiger partial charge on any atom is -0.444 e. The highest BCUT2D eigenvalue weighted by Gasteiger charge is 2.47. The third kappa shape index (κ3) is 7.14. The molecule has 0 radical (unpaired) electrons. The molecule has 0 spiro atoms. The average molecular weight is 562 g/mol. The molecule has 2 amide bonds. The van der Waals surface area contributed by atoms with Gasteiger partial charge >= 0.3 is 12.3 Å². The van der Waals surface area contributed by atoms with Crippen molar-refractivity contribution in [3.8, 4) is 0 Å². The molecule has 14 heteroatoms. The predicted molar refractivity (Wildman–Crippen MR) is 136 cm³/mol. The molecule has 3 rings (SSSR count). The quantitative estimate of drug-likeness (QED) is 0.479. The standard InChI is InChI=1S/C24H38F3N5O5Si/c1-15(36-21(28)34)14-35-18-8-10-32(20(18)33)17-7-9-31(13-19(17)37-38(5,6)23(2,3)4)22-29-11-16(12-30-22)24(25,26)27/h11-12,15,17-19H,7-10,13-14H2,1-6H3,(H2,28,34)/t15?,17-,18?,19+/m1/s1. The SMILES string of the molecule is CC(COC1CCN([C@@H]2CCN(c3ncc(C(F)(F)F)cn3)C[C@@H]2O[Si](C)(C)C(C)(C)C)C1=O)OC(N)=O. The molecule has 1 aromatic heterocycles. The topological polar surface area (TPSA) is 120 Å². The number of likely N-dealkylation sites (tertiary alicyclic amines) is 1. The van der Waals surface area contributed by atoms with E-state index in [0.29, 0.717) is 32.5 Å². The molecule has 2 aliphatic rings. The highest BCUT2D eigenvalue weighted by molar-refractivity contribution is 6.74. The number of primary amides is 1. The lowest BCUT2D eigenvalue weighted by atomic mass is 10.0. The van der Waals surface area contributed by atoms with Crippen LogP contribution in [0.25, 0.3) is 0 Å². The van der Waals surface area contributed by atoms with Gasteiger partial charge in [-0.15, -0.1) is 0 Å². The third-order valence-corrected chi connectivity index (χ3v) is 12.0. The zero-order valence-corrected chi connectivity index (χ0v) is 23.7. The van der Waals surface area contributed by atoms with Crippen molar-refractivity contribution in [3.63, 3.8) is 0 Å². The Kier molecular flexibility index (Phi) is 8.98. The summed E-state index contributed by atoms with van der Waals surface area (Å²) in [6.45, 7) is 13.5. The second-order valence-corrected chi connectivity index (χ2v) is 16.1. The average Bonchev–Trinajstić information content (AvgIpc) is 3.15. The summed E-state index contributed by atoms with van der Waals surface area (Å²) in [6, 6.07) is -0.241. The van der Waals surface area contributed by atoms with Crippen LogP contribution in [0.15, 0.2) is 12.4 Å². The van der Waals surface area contributed by atoms with Crippen molar-refractivity contribution in [1.29, 1.82) is 0 Å². The molecule has 2 N–H and O–H groups in total. The number of rotatable bonds is 8. The Bertz CT molecular complexity index is 989. The molecule has 1 aromatic rings. The van der Waals surface area contributed by atoms with E-state index < -0.39 is 44.5 Å². The Morgan fingerprint density at radius 2 is 1.82 bits per heavy atom. The van der Waals surface area contributed by atoms with Gasteiger partial charge in [-0.05, 0) is 31.5 Å². The van der Waals surface area contributed by atoms with Crippen LogP contribution >= 0.6 is 0 Å². The number of alkyl halides is 3. The van der Waals surface area contributed by atoms with Gasteiger partial charge < -0.3 is 29.4 Å². The van der Waals surface area contributed by atoms with Crippen LogP contribution < -0.4 is 10.6 Å². The van der Waals surface area contributed by atoms with Crippen molar-refractivity contribution in [2.24, 2.45) is 5.73 Å². The Morgan fingerprint density at radius 3 is 2.37 bits per heavy atom. The fraction of sp³-hybridized carbons (Fsp3) is 0.750. The fourth-order valence-electron chi connectivity index (χ4n) is 4.39. The number of ether oxygens (including phenoxy) is 2. The molecular weight excluding hydrogens is 523 g/mol. The second kappa shape index (κ2) is 11.3. The van der Waals surface area contributed by atoms with Crippen LogP contribution in [0, 0.1) is 0 Å². The number of carbonyl (C=O) groups is 2. The number of hydrogen-bond donors (Lipinski definition) is 1. The molecule has 2 unspecified atom stereocenters. The Hall–Kier alpha value is -2.45. The highest BCUT2D eigenvalue weighted by atomic mass is 28.4. The number of anilines is 1. The number of halogens is 3. The molecule has 0 aromatic carbocycles. The maximum absolute atomic E-state index is 13.3. The van der Waals surface area contributed by atoms with Crippen LogP contribution in [-0.2, 0) is 24.9 Å². The predicted octanol–water partition coefficient (Wildman–Crippen LogP) is 3.57.